The van der Waals surface area contributed by atoms with Crippen LogP contribution in [-0.2, 0) is 11.2 Å². The summed E-state index contributed by atoms with van der Waals surface area (Å²) in [6, 6.07) is 4.26. The van der Waals surface area contributed by atoms with Crippen LogP contribution in [0.15, 0.2) is 22.5 Å². The molecule has 1 unspecified atom stereocenters. The molecule has 2 aliphatic rings. The van der Waals surface area contributed by atoms with Crippen LogP contribution in [0.2, 0.25) is 0 Å². The highest BCUT2D eigenvalue weighted by Gasteiger charge is 2.27. The van der Waals surface area contributed by atoms with Crippen LogP contribution in [-0.4, -0.2) is 86.5 Å². The number of amides is 1. The van der Waals surface area contributed by atoms with Gasteiger partial charge in [0, 0.05) is 45.2 Å². The van der Waals surface area contributed by atoms with E-state index < -0.39 is 0 Å². The normalized spacial score (nSPS) is 20.3. The fraction of sp³-hybridized carbons (Fsp3) is 0.700. The monoisotopic (exact) mass is 519 g/mol. The fourth-order valence-electron chi connectivity index (χ4n) is 3.81. The summed E-state index contributed by atoms with van der Waals surface area (Å²) in [6.45, 7) is 6.85. The van der Waals surface area contributed by atoms with Crippen LogP contribution in [0.5, 0.6) is 0 Å². The van der Waals surface area contributed by atoms with Gasteiger partial charge in [0.2, 0.25) is 5.91 Å². The molecule has 158 valence electrons. The first-order valence-electron chi connectivity index (χ1n) is 10.1. The number of carbonyl (C=O) groups is 1. The number of rotatable bonds is 7. The predicted molar refractivity (Wildman–Crippen MR) is 128 cm³/mol. The molecule has 2 saturated heterocycles. The summed E-state index contributed by atoms with van der Waals surface area (Å²) in [4.78, 5) is 24.6. The summed E-state index contributed by atoms with van der Waals surface area (Å²) >= 11 is 1.79. The maximum Gasteiger partial charge on any atom is 0.243 e. The van der Waals surface area contributed by atoms with E-state index in [4.69, 9.17) is 0 Å². The Morgan fingerprint density at radius 3 is 2.79 bits per heavy atom. The second-order valence-electron chi connectivity index (χ2n) is 7.79. The number of hydrogen-bond donors (Lipinski definition) is 1. The zero-order valence-corrected chi connectivity index (χ0v) is 20.2. The van der Waals surface area contributed by atoms with Crippen molar-refractivity contribution in [3.8, 4) is 0 Å². The minimum Gasteiger partial charge on any atom is -0.356 e. The molecule has 1 N–H and O–H groups in total. The number of thiophene rings is 1. The quantitative estimate of drug-likeness (QED) is 0.342. The minimum absolute atomic E-state index is 0. The molecule has 0 saturated carbocycles. The van der Waals surface area contributed by atoms with E-state index in [-0.39, 0.29) is 36.4 Å². The van der Waals surface area contributed by atoms with Gasteiger partial charge in [0.1, 0.15) is 6.54 Å². The molecule has 1 amide bonds. The van der Waals surface area contributed by atoms with E-state index in [1.807, 2.05) is 0 Å². The Labute approximate surface area is 190 Å². The van der Waals surface area contributed by atoms with Gasteiger partial charge in [0.15, 0.2) is 5.96 Å². The van der Waals surface area contributed by atoms with E-state index in [1.165, 1.54) is 43.8 Å². The highest BCUT2D eigenvalue weighted by atomic mass is 127. The van der Waals surface area contributed by atoms with Crippen LogP contribution < -0.4 is 5.32 Å². The molecule has 1 aromatic heterocycles. The molecule has 2 fully saturated rings. The highest BCUT2D eigenvalue weighted by Crippen LogP contribution is 2.20. The summed E-state index contributed by atoms with van der Waals surface area (Å²) in [6.07, 6.45) is 4.90. The Kier molecular flexibility index (Phi) is 10.0. The third kappa shape index (κ3) is 7.18. The predicted octanol–water partition coefficient (Wildman–Crippen LogP) is 2.36. The Morgan fingerprint density at radius 2 is 2.11 bits per heavy atom. The summed E-state index contributed by atoms with van der Waals surface area (Å²) in [7, 11) is 3.56. The molecule has 3 heterocycles. The highest BCUT2D eigenvalue weighted by molar-refractivity contribution is 14.0. The molecule has 0 aromatic carbocycles. The molecular formula is C20H34IN5OS. The van der Waals surface area contributed by atoms with Gasteiger partial charge in [0.05, 0.1) is 0 Å². The fourth-order valence-corrected chi connectivity index (χ4v) is 4.52. The number of nitrogens with one attached hydrogen (secondary N) is 1. The average Bonchev–Trinajstić information content (AvgIpc) is 3.41. The van der Waals surface area contributed by atoms with Crippen molar-refractivity contribution < 1.29 is 4.79 Å². The van der Waals surface area contributed by atoms with E-state index >= 15 is 0 Å². The lowest BCUT2D eigenvalue weighted by Crippen LogP contribution is -2.42. The summed E-state index contributed by atoms with van der Waals surface area (Å²) in [5.74, 6) is 1.64. The lowest BCUT2D eigenvalue weighted by molar-refractivity contribution is -0.127. The molecular weight excluding hydrogens is 485 g/mol. The Hall–Kier alpha value is -0.870. The van der Waals surface area contributed by atoms with Gasteiger partial charge in [-0.3, -0.25) is 4.79 Å². The number of carbonyl (C=O) groups excluding carboxylic acids is 1. The molecule has 0 spiro atoms. The third-order valence-electron chi connectivity index (χ3n) is 5.40. The molecule has 0 bridgehead atoms. The molecule has 3 rings (SSSR count). The molecule has 2 aliphatic heterocycles. The number of guanidine groups is 1. The van der Waals surface area contributed by atoms with Gasteiger partial charge in [-0.1, -0.05) is 6.07 Å². The number of likely N-dealkylation sites (N-methyl/N-ethyl adjacent to an activating group) is 1. The van der Waals surface area contributed by atoms with Crippen molar-refractivity contribution in [2.24, 2.45) is 10.9 Å². The van der Waals surface area contributed by atoms with Crippen molar-refractivity contribution in [3.05, 3.63) is 22.4 Å². The van der Waals surface area contributed by atoms with Crippen molar-refractivity contribution in [2.75, 3.05) is 59.9 Å². The lowest BCUT2D eigenvalue weighted by atomic mass is 10.1. The molecule has 28 heavy (non-hydrogen) atoms. The Bertz CT molecular complexity index is 616. The second-order valence-corrected chi connectivity index (χ2v) is 8.82. The van der Waals surface area contributed by atoms with E-state index in [0.717, 1.165) is 32.0 Å². The first-order chi connectivity index (χ1) is 13.1. The van der Waals surface area contributed by atoms with Crippen molar-refractivity contribution in [1.29, 1.82) is 0 Å². The number of hydrogen-bond acceptors (Lipinski definition) is 4. The van der Waals surface area contributed by atoms with E-state index in [2.05, 4.69) is 37.6 Å². The first kappa shape index (κ1) is 23.4. The summed E-state index contributed by atoms with van der Waals surface area (Å²) in [5.41, 5.74) is 0. The topological polar surface area (TPSA) is 51.2 Å². The van der Waals surface area contributed by atoms with Crippen molar-refractivity contribution in [3.63, 3.8) is 0 Å². The molecule has 6 nitrogen and oxygen atoms in total. The number of nitrogens with zero attached hydrogens (tertiary/aromatic N) is 4. The van der Waals surface area contributed by atoms with Crippen molar-refractivity contribution in [2.45, 2.75) is 25.7 Å². The van der Waals surface area contributed by atoms with Crippen LogP contribution >= 0.6 is 35.3 Å². The Morgan fingerprint density at radius 1 is 1.32 bits per heavy atom. The van der Waals surface area contributed by atoms with Gasteiger partial charge in [-0.05, 0) is 56.1 Å². The number of halogens is 1. The largest absolute Gasteiger partial charge is 0.356 e. The van der Waals surface area contributed by atoms with Crippen molar-refractivity contribution in [1.82, 2.24) is 20.0 Å². The van der Waals surface area contributed by atoms with Crippen LogP contribution in [0.4, 0.5) is 0 Å². The maximum atomic E-state index is 12.0. The SMILES string of the molecule is CN(C)C(=O)CN=C(NCCc1cccs1)N1CCC(CN2CCCC2)C1.I. The standard InChI is InChI=1S/C20H33N5OS.HI/c1-23(2)19(26)14-22-20(21-9-7-18-6-5-13-27-18)25-12-8-17(16-25)15-24-10-3-4-11-24;/h5-6,13,17H,3-4,7-12,14-16H2,1-2H3,(H,21,22);1H. The maximum absolute atomic E-state index is 12.0. The smallest absolute Gasteiger partial charge is 0.243 e. The van der Waals surface area contributed by atoms with E-state index in [1.54, 1.807) is 30.3 Å². The lowest BCUT2D eigenvalue weighted by Gasteiger charge is -2.24. The van der Waals surface area contributed by atoms with Crippen LogP contribution in [0.3, 0.4) is 0 Å². The van der Waals surface area contributed by atoms with Crippen LogP contribution in [0.25, 0.3) is 0 Å². The molecule has 1 atom stereocenters. The van der Waals surface area contributed by atoms with Gasteiger partial charge >= 0.3 is 0 Å². The second kappa shape index (κ2) is 12.0. The van der Waals surface area contributed by atoms with Gasteiger partial charge < -0.3 is 20.0 Å². The Balaban J connectivity index is 0.00000280. The zero-order chi connectivity index (χ0) is 19.1. The van der Waals surface area contributed by atoms with E-state index in [0.29, 0.717) is 5.92 Å². The van der Waals surface area contributed by atoms with Gasteiger partial charge in [-0.2, -0.15) is 0 Å². The van der Waals surface area contributed by atoms with Gasteiger partial charge in [0.25, 0.3) is 0 Å². The number of aliphatic imine (C=N–C) groups is 1. The first-order valence-corrected chi connectivity index (χ1v) is 11.0. The van der Waals surface area contributed by atoms with Crippen molar-refractivity contribution >= 4 is 47.2 Å². The zero-order valence-electron chi connectivity index (χ0n) is 17.1. The minimum atomic E-state index is 0. The third-order valence-corrected chi connectivity index (χ3v) is 6.33. The molecule has 0 aliphatic carbocycles. The molecule has 1 aromatic rings. The van der Waals surface area contributed by atoms with Gasteiger partial charge in [-0.25, -0.2) is 4.99 Å². The average molecular weight is 519 g/mol. The number of likely N-dealkylation sites (tertiary alicyclic amines) is 2. The van der Waals surface area contributed by atoms with E-state index in [9.17, 15) is 4.79 Å². The molecule has 8 heteroatoms. The summed E-state index contributed by atoms with van der Waals surface area (Å²) < 4.78 is 0. The van der Waals surface area contributed by atoms with Crippen LogP contribution in [0.1, 0.15) is 24.1 Å². The van der Waals surface area contributed by atoms with Crippen LogP contribution in [0, 0.1) is 5.92 Å². The van der Waals surface area contributed by atoms with Gasteiger partial charge in [-0.15, -0.1) is 35.3 Å². The molecule has 0 radical (unpaired) electrons. The summed E-state index contributed by atoms with van der Waals surface area (Å²) in [5, 5.41) is 5.62.